The predicted molar refractivity (Wildman–Crippen MR) is 95.6 cm³/mol. The second-order valence-corrected chi connectivity index (χ2v) is 14.5. The Balaban J connectivity index is 3.38. The van der Waals surface area contributed by atoms with Crippen LogP contribution >= 0.6 is 0 Å². The molecule has 1 fully saturated rings. The van der Waals surface area contributed by atoms with Crippen LogP contribution in [0.3, 0.4) is 0 Å². The van der Waals surface area contributed by atoms with Crippen LogP contribution in [0.5, 0.6) is 0 Å². The maximum absolute atomic E-state index is 12.3. The van der Waals surface area contributed by atoms with Crippen LogP contribution in [0.25, 0.3) is 0 Å². The highest BCUT2D eigenvalue weighted by molar-refractivity contribution is 6.74. The number of likely N-dealkylation sites (tertiary alicyclic amines) is 1. The number of aliphatic carboxylic acids is 1. The number of amides is 1. The van der Waals surface area contributed by atoms with Gasteiger partial charge in [0.1, 0.15) is 18.2 Å². The van der Waals surface area contributed by atoms with Gasteiger partial charge in [0.15, 0.2) is 8.32 Å². The normalized spacial score (nSPS) is 32.0. The lowest BCUT2D eigenvalue weighted by atomic mass is 9.90. The number of rotatable bonds is 3. The molecule has 3 atom stereocenters. The summed E-state index contributed by atoms with van der Waals surface area (Å²) in [4.78, 5) is 24.3. The lowest BCUT2D eigenvalue weighted by Crippen LogP contribution is -2.73. The molecule has 1 aliphatic heterocycles. The molecule has 1 unspecified atom stereocenters. The van der Waals surface area contributed by atoms with Crippen molar-refractivity contribution in [2.75, 3.05) is 6.54 Å². The summed E-state index contributed by atoms with van der Waals surface area (Å²) >= 11 is 0. The highest BCUT2D eigenvalue weighted by atomic mass is 28.4. The molecule has 0 aromatic carbocycles. The molecule has 0 aromatic rings. The first-order valence-corrected chi connectivity index (χ1v) is 11.4. The molecule has 1 rings (SSSR count). The lowest BCUT2D eigenvalue weighted by molar-refractivity contribution is -0.929. The van der Waals surface area contributed by atoms with E-state index >= 15 is 0 Å². The average molecular weight is 361 g/mol. The molecule has 1 amide bonds. The first-order valence-electron chi connectivity index (χ1n) is 8.45. The molecule has 6 nitrogen and oxygen atoms in total. The Kier molecular flexibility index (Phi) is 5.11. The number of carboxylic acid groups (broad SMARTS) is 2. The van der Waals surface area contributed by atoms with Gasteiger partial charge in [0.05, 0.1) is 0 Å². The Labute approximate surface area is 146 Å². The summed E-state index contributed by atoms with van der Waals surface area (Å²) in [5, 5.41) is 19.9. The van der Waals surface area contributed by atoms with E-state index in [9.17, 15) is 19.8 Å². The fraction of sp³-hybridized carbons (Fsp3) is 0.882. The Hall–Kier alpha value is -0.923. The van der Waals surface area contributed by atoms with E-state index < -0.39 is 35.9 Å². The summed E-state index contributed by atoms with van der Waals surface area (Å²) in [6, 6.07) is 0. The van der Waals surface area contributed by atoms with Crippen LogP contribution in [0.15, 0.2) is 0 Å². The SMILES string of the molecule is CC(C)(C)[N+]1(C(=O)O)C[C@@H](O[Si](C)(C)C(C)(C)C)C[C@@]1(C)C(=O)O. The fourth-order valence-corrected chi connectivity index (χ4v) is 5.03. The third kappa shape index (κ3) is 3.02. The minimum Gasteiger partial charge on any atom is -0.477 e. The lowest BCUT2D eigenvalue weighted by Gasteiger charge is -2.48. The van der Waals surface area contributed by atoms with Gasteiger partial charge in [0, 0.05) is 13.3 Å². The van der Waals surface area contributed by atoms with Crippen molar-refractivity contribution >= 4 is 20.4 Å². The molecule has 1 heterocycles. The number of carbonyl (C=O) groups is 2. The van der Waals surface area contributed by atoms with Crippen LogP contribution in [0.1, 0.15) is 54.9 Å². The summed E-state index contributed by atoms with van der Waals surface area (Å²) in [6.45, 7) is 17.7. The maximum Gasteiger partial charge on any atom is 0.514 e. The molecule has 0 bridgehead atoms. The molecule has 0 radical (unpaired) electrons. The van der Waals surface area contributed by atoms with Crippen molar-refractivity contribution in [2.24, 2.45) is 0 Å². The highest BCUT2D eigenvalue weighted by Gasteiger charge is 2.70. The van der Waals surface area contributed by atoms with E-state index in [4.69, 9.17) is 4.43 Å². The number of hydrogen-bond donors (Lipinski definition) is 2. The van der Waals surface area contributed by atoms with Crippen molar-refractivity contribution < 1.29 is 28.7 Å². The van der Waals surface area contributed by atoms with Crippen molar-refractivity contribution in [3.63, 3.8) is 0 Å². The van der Waals surface area contributed by atoms with E-state index in [2.05, 4.69) is 33.9 Å². The van der Waals surface area contributed by atoms with E-state index in [1.165, 1.54) is 0 Å². The molecule has 2 N–H and O–H groups in total. The van der Waals surface area contributed by atoms with Crippen LogP contribution in [0.4, 0.5) is 4.79 Å². The largest absolute Gasteiger partial charge is 0.514 e. The van der Waals surface area contributed by atoms with Gasteiger partial charge >= 0.3 is 12.1 Å². The maximum atomic E-state index is 12.3. The van der Waals surface area contributed by atoms with E-state index in [1.807, 2.05) is 0 Å². The third-order valence-electron chi connectivity index (χ3n) is 6.15. The number of carboxylic acids is 1. The summed E-state index contributed by atoms with van der Waals surface area (Å²) in [7, 11) is -2.12. The van der Waals surface area contributed by atoms with E-state index in [0.717, 1.165) is 0 Å². The van der Waals surface area contributed by atoms with Crippen LogP contribution in [-0.4, -0.2) is 58.8 Å². The van der Waals surface area contributed by atoms with Crippen LogP contribution in [-0.2, 0) is 9.22 Å². The minimum atomic E-state index is -2.12. The van der Waals surface area contributed by atoms with Crippen LogP contribution < -0.4 is 0 Å². The van der Waals surface area contributed by atoms with Crippen molar-refractivity contribution in [1.29, 1.82) is 0 Å². The fourth-order valence-electron chi connectivity index (χ4n) is 3.68. The molecule has 7 heteroatoms. The Morgan fingerprint density at radius 1 is 1.12 bits per heavy atom. The monoisotopic (exact) mass is 360 g/mol. The van der Waals surface area contributed by atoms with Crippen molar-refractivity contribution in [3.8, 4) is 0 Å². The second kappa shape index (κ2) is 5.81. The molecule has 1 saturated heterocycles. The minimum absolute atomic E-state index is 0.0180. The molecule has 140 valence electrons. The summed E-state index contributed by atoms with van der Waals surface area (Å²) in [6.07, 6.45) is -1.27. The van der Waals surface area contributed by atoms with Gasteiger partial charge in [0.2, 0.25) is 5.54 Å². The Morgan fingerprint density at radius 2 is 1.58 bits per heavy atom. The van der Waals surface area contributed by atoms with Gasteiger partial charge in [-0.3, -0.25) is 0 Å². The number of nitrogens with zero attached hydrogens (tertiary/aromatic N) is 1. The van der Waals surface area contributed by atoms with Gasteiger partial charge in [-0.25, -0.2) is 9.28 Å². The van der Waals surface area contributed by atoms with E-state index in [0.29, 0.717) is 0 Å². The zero-order valence-electron chi connectivity index (χ0n) is 16.6. The molecule has 0 spiro atoms. The van der Waals surface area contributed by atoms with Gasteiger partial charge in [-0.2, -0.15) is 4.79 Å². The zero-order chi connectivity index (χ0) is 19.4. The number of hydrogen-bond acceptors (Lipinski definition) is 3. The summed E-state index contributed by atoms with van der Waals surface area (Å²) in [5.74, 6) is -1.08. The van der Waals surface area contributed by atoms with Crippen LogP contribution in [0, 0.1) is 0 Å². The first-order chi connectivity index (χ1) is 10.4. The topological polar surface area (TPSA) is 83.8 Å². The highest BCUT2D eigenvalue weighted by Crippen LogP contribution is 2.48. The van der Waals surface area contributed by atoms with Crippen molar-refractivity contribution in [3.05, 3.63) is 0 Å². The van der Waals surface area contributed by atoms with Gasteiger partial charge in [0.25, 0.3) is 0 Å². The van der Waals surface area contributed by atoms with E-state index in [-0.39, 0.29) is 24.1 Å². The molecule has 0 aromatic heterocycles. The number of quaternary nitrogens is 1. The molecular weight excluding hydrogens is 326 g/mol. The van der Waals surface area contributed by atoms with Crippen molar-refractivity contribution in [1.82, 2.24) is 0 Å². The molecule has 1 aliphatic rings. The Morgan fingerprint density at radius 3 is 1.83 bits per heavy atom. The second-order valence-electron chi connectivity index (χ2n) is 9.73. The predicted octanol–water partition coefficient (Wildman–Crippen LogP) is 3.92. The van der Waals surface area contributed by atoms with Crippen molar-refractivity contribution in [2.45, 2.75) is 90.2 Å². The molecule has 0 saturated carbocycles. The summed E-state index contributed by atoms with van der Waals surface area (Å²) < 4.78 is 5.89. The summed E-state index contributed by atoms with van der Waals surface area (Å²) in [5.41, 5.74) is -2.18. The third-order valence-corrected chi connectivity index (χ3v) is 10.7. The first kappa shape index (κ1) is 21.1. The smallest absolute Gasteiger partial charge is 0.477 e. The van der Waals surface area contributed by atoms with E-state index in [1.54, 1.807) is 27.7 Å². The average Bonchev–Trinajstić information content (AvgIpc) is 2.61. The Bertz CT molecular complexity index is 534. The standard InChI is InChI=1S/C17H33NO5Si/c1-15(2,3)18(14(21)22)11-12(10-17(18,7)13(19)20)23-24(8,9)16(4,5)6/h12H,10-11H2,1-9H3,(H-,19,20,21,22)/p+1/t12-,17-,18?/m0/s1. The zero-order valence-corrected chi connectivity index (χ0v) is 17.6. The van der Waals surface area contributed by atoms with Gasteiger partial charge in [-0.05, 0) is 38.9 Å². The molecular formula is C17H34NO5Si+. The van der Waals surface area contributed by atoms with Gasteiger partial charge in [-0.1, -0.05) is 20.8 Å². The van der Waals surface area contributed by atoms with Crippen LogP contribution in [0.2, 0.25) is 18.1 Å². The van der Waals surface area contributed by atoms with Gasteiger partial charge < -0.3 is 14.6 Å². The molecule has 0 aliphatic carbocycles. The quantitative estimate of drug-likeness (QED) is 0.589. The molecule has 24 heavy (non-hydrogen) atoms. The van der Waals surface area contributed by atoms with Gasteiger partial charge in [-0.15, -0.1) is 0 Å².